The van der Waals surface area contributed by atoms with E-state index in [-0.39, 0.29) is 5.91 Å². The molecule has 0 aliphatic heterocycles. The average Bonchev–Trinajstić information content (AvgIpc) is 3.21. The van der Waals surface area contributed by atoms with Crippen molar-refractivity contribution < 1.29 is 13.7 Å². The maximum absolute atomic E-state index is 11.9. The highest BCUT2D eigenvalue weighted by Crippen LogP contribution is 2.23. The molecule has 5 nitrogen and oxygen atoms in total. The van der Waals surface area contributed by atoms with Crippen LogP contribution in [-0.2, 0) is 17.8 Å². The van der Waals surface area contributed by atoms with Crippen LogP contribution in [0.15, 0.2) is 51.4 Å². The molecule has 0 bridgehead atoms. The maximum atomic E-state index is 11.9. The second-order valence-corrected chi connectivity index (χ2v) is 5.84. The largest absolute Gasteiger partial charge is 0.461 e. The molecule has 3 aromatic rings. The van der Waals surface area contributed by atoms with Gasteiger partial charge in [0.15, 0.2) is 5.76 Å². The van der Waals surface area contributed by atoms with E-state index in [0.717, 1.165) is 22.8 Å². The first-order valence-corrected chi connectivity index (χ1v) is 7.95. The Morgan fingerprint density at radius 2 is 1.88 bits per heavy atom. The molecule has 0 aliphatic rings. The van der Waals surface area contributed by atoms with Crippen molar-refractivity contribution in [1.29, 1.82) is 0 Å². The third kappa shape index (κ3) is 4.13. The summed E-state index contributed by atoms with van der Waals surface area (Å²) in [5, 5.41) is 6.60. The van der Waals surface area contributed by atoms with Gasteiger partial charge in [0.2, 0.25) is 5.91 Å². The number of benzene rings is 1. The number of aromatic nitrogens is 1. The quantitative estimate of drug-likeness (QED) is 0.749. The summed E-state index contributed by atoms with van der Waals surface area (Å²) in [6.45, 7) is 4.25. The summed E-state index contributed by atoms with van der Waals surface area (Å²) in [6, 6.07) is 13.8. The van der Waals surface area contributed by atoms with Gasteiger partial charge < -0.3 is 14.3 Å². The van der Waals surface area contributed by atoms with E-state index in [1.807, 2.05) is 31.2 Å². The van der Waals surface area contributed by atoms with Gasteiger partial charge in [-0.05, 0) is 26.0 Å². The van der Waals surface area contributed by atoms with Gasteiger partial charge in [0.1, 0.15) is 11.5 Å². The number of nitrogens with one attached hydrogen (secondary N) is 1. The van der Waals surface area contributed by atoms with Crippen molar-refractivity contribution in [2.75, 3.05) is 0 Å². The minimum atomic E-state index is -0.0441. The summed E-state index contributed by atoms with van der Waals surface area (Å²) in [5.41, 5.74) is 3.06. The number of carbonyl (C=O) groups is 1. The molecule has 0 unspecified atom stereocenters. The molecule has 2 aromatic heterocycles. The standard InChI is InChI=1S/C19H20N2O3/c1-13-3-5-15(6-4-13)18-9-7-16(23-18)8-10-19(22)20-12-17-11-14(2)21-24-17/h3-7,9,11H,8,10,12H2,1-2H3,(H,20,22). The zero-order valence-electron chi connectivity index (χ0n) is 13.8. The van der Waals surface area contributed by atoms with E-state index in [0.29, 0.717) is 25.1 Å². The highest BCUT2D eigenvalue weighted by molar-refractivity contribution is 5.76. The summed E-state index contributed by atoms with van der Waals surface area (Å²) in [4.78, 5) is 11.9. The van der Waals surface area contributed by atoms with Crippen LogP contribution in [0.1, 0.15) is 29.2 Å². The Bertz CT molecular complexity index is 815. The summed E-state index contributed by atoms with van der Waals surface area (Å²) < 4.78 is 10.9. The molecular weight excluding hydrogens is 304 g/mol. The molecule has 124 valence electrons. The Labute approximate surface area is 140 Å². The van der Waals surface area contributed by atoms with Crippen LogP contribution in [0.2, 0.25) is 0 Å². The second kappa shape index (κ2) is 7.17. The molecule has 0 saturated heterocycles. The number of aryl methyl sites for hydroxylation is 3. The van der Waals surface area contributed by atoms with Crippen LogP contribution < -0.4 is 5.32 Å². The van der Waals surface area contributed by atoms with E-state index in [2.05, 4.69) is 29.5 Å². The molecule has 0 atom stereocenters. The number of hydrogen-bond acceptors (Lipinski definition) is 4. The Morgan fingerprint density at radius 1 is 1.08 bits per heavy atom. The zero-order chi connectivity index (χ0) is 16.9. The lowest BCUT2D eigenvalue weighted by Gasteiger charge is -2.02. The average molecular weight is 324 g/mol. The summed E-state index contributed by atoms with van der Waals surface area (Å²) >= 11 is 0. The molecule has 1 amide bonds. The van der Waals surface area contributed by atoms with Crippen LogP contribution in [0, 0.1) is 13.8 Å². The monoisotopic (exact) mass is 324 g/mol. The third-order valence-electron chi connectivity index (χ3n) is 3.73. The van der Waals surface area contributed by atoms with Gasteiger partial charge in [-0.15, -0.1) is 0 Å². The highest BCUT2D eigenvalue weighted by atomic mass is 16.5. The van der Waals surface area contributed by atoms with Gasteiger partial charge in [-0.3, -0.25) is 4.79 Å². The second-order valence-electron chi connectivity index (χ2n) is 5.84. The van der Waals surface area contributed by atoms with E-state index >= 15 is 0 Å². The first-order chi connectivity index (χ1) is 11.6. The van der Waals surface area contributed by atoms with E-state index < -0.39 is 0 Å². The number of nitrogens with zero attached hydrogens (tertiary/aromatic N) is 1. The Morgan fingerprint density at radius 3 is 2.58 bits per heavy atom. The van der Waals surface area contributed by atoms with Crippen LogP contribution in [-0.4, -0.2) is 11.1 Å². The lowest BCUT2D eigenvalue weighted by atomic mass is 10.1. The van der Waals surface area contributed by atoms with Gasteiger partial charge in [0.25, 0.3) is 0 Å². The lowest BCUT2D eigenvalue weighted by Crippen LogP contribution is -2.22. The van der Waals surface area contributed by atoms with Crippen molar-refractivity contribution >= 4 is 5.91 Å². The fraction of sp³-hybridized carbons (Fsp3) is 0.263. The number of rotatable bonds is 6. The first-order valence-electron chi connectivity index (χ1n) is 7.95. The Kier molecular flexibility index (Phi) is 4.79. The van der Waals surface area contributed by atoms with Crippen LogP contribution in [0.5, 0.6) is 0 Å². The molecule has 0 radical (unpaired) electrons. The number of amides is 1. The van der Waals surface area contributed by atoms with Crippen LogP contribution in [0.4, 0.5) is 0 Å². The van der Waals surface area contributed by atoms with Gasteiger partial charge in [-0.2, -0.15) is 0 Å². The SMILES string of the molecule is Cc1ccc(-c2ccc(CCC(=O)NCc3cc(C)no3)o2)cc1. The molecule has 2 heterocycles. The maximum Gasteiger partial charge on any atom is 0.220 e. The molecular formula is C19H20N2O3. The summed E-state index contributed by atoms with van der Waals surface area (Å²) in [7, 11) is 0. The van der Waals surface area contributed by atoms with Crippen molar-refractivity contribution in [2.45, 2.75) is 33.2 Å². The van der Waals surface area contributed by atoms with Gasteiger partial charge >= 0.3 is 0 Å². The van der Waals surface area contributed by atoms with E-state index in [9.17, 15) is 4.79 Å². The molecule has 0 aliphatic carbocycles. The predicted molar refractivity (Wildman–Crippen MR) is 90.3 cm³/mol. The van der Waals surface area contributed by atoms with E-state index in [1.54, 1.807) is 6.07 Å². The van der Waals surface area contributed by atoms with Crippen molar-refractivity contribution in [2.24, 2.45) is 0 Å². The van der Waals surface area contributed by atoms with Gasteiger partial charge in [0, 0.05) is 24.5 Å². The summed E-state index contributed by atoms with van der Waals surface area (Å²) in [6.07, 6.45) is 0.932. The minimum absolute atomic E-state index is 0.0441. The first kappa shape index (κ1) is 16.1. The van der Waals surface area contributed by atoms with Crippen molar-refractivity contribution in [3.8, 4) is 11.3 Å². The topological polar surface area (TPSA) is 68.3 Å². The van der Waals surface area contributed by atoms with Crippen LogP contribution in [0.25, 0.3) is 11.3 Å². The fourth-order valence-electron chi connectivity index (χ4n) is 2.40. The molecule has 1 aromatic carbocycles. The Hall–Kier alpha value is -2.82. The molecule has 5 heteroatoms. The summed E-state index contributed by atoms with van der Waals surface area (Å²) in [5.74, 6) is 2.23. The molecule has 24 heavy (non-hydrogen) atoms. The smallest absolute Gasteiger partial charge is 0.220 e. The molecule has 0 fully saturated rings. The fourth-order valence-corrected chi connectivity index (χ4v) is 2.40. The molecule has 0 saturated carbocycles. The highest BCUT2D eigenvalue weighted by Gasteiger charge is 2.08. The third-order valence-corrected chi connectivity index (χ3v) is 3.73. The van der Waals surface area contributed by atoms with E-state index in [4.69, 9.17) is 8.94 Å². The lowest BCUT2D eigenvalue weighted by molar-refractivity contribution is -0.121. The van der Waals surface area contributed by atoms with Crippen molar-refractivity contribution in [3.05, 3.63) is 65.2 Å². The van der Waals surface area contributed by atoms with Crippen LogP contribution >= 0.6 is 0 Å². The number of hydrogen-bond donors (Lipinski definition) is 1. The van der Waals surface area contributed by atoms with Crippen LogP contribution in [0.3, 0.4) is 0 Å². The van der Waals surface area contributed by atoms with Crippen molar-refractivity contribution in [1.82, 2.24) is 10.5 Å². The number of furan rings is 1. The van der Waals surface area contributed by atoms with E-state index in [1.165, 1.54) is 5.56 Å². The molecule has 1 N–H and O–H groups in total. The molecule has 0 spiro atoms. The van der Waals surface area contributed by atoms with Crippen molar-refractivity contribution in [3.63, 3.8) is 0 Å². The van der Waals surface area contributed by atoms with Gasteiger partial charge in [0.05, 0.1) is 12.2 Å². The Balaban J connectivity index is 1.49. The van der Waals surface area contributed by atoms with Gasteiger partial charge in [-0.1, -0.05) is 35.0 Å². The van der Waals surface area contributed by atoms with Gasteiger partial charge in [-0.25, -0.2) is 0 Å². The number of carbonyl (C=O) groups excluding carboxylic acids is 1. The minimum Gasteiger partial charge on any atom is -0.461 e. The normalized spacial score (nSPS) is 10.8. The molecule has 3 rings (SSSR count). The zero-order valence-corrected chi connectivity index (χ0v) is 13.8. The predicted octanol–water partition coefficient (Wildman–Crippen LogP) is 3.80.